The van der Waals surface area contributed by atoms with Crippen LogP contribution in [0.5, 0.6) is 0 Å². The van der Waals surface area contributed by atoms with Gasteiger partial charge in [-0.15, -0.1) is 0 Å². The Morgan fingerprint density at radius 1 is 1.13 bits per heavy atom. The first kappa shape index (κ1) is 12.8. The molecule has 0 heterocycles. The lowest BCUT2D eigenvalue weighted by molar-refractivity contribution is -0.125. The fraction of sp³-hybridized carbons (Fsp3) is 1.00. The van der Waals surface area contributed by atoms with Gasteiger partial charge in [-0.2, -0.15) is 13.2 Å². The van der Waals surface area contributed by atoms with E-state index in [1.54, 1.807) is 0 Å². The number of rotatable bonds is 4. The lowest BCUT2D eigenvalue weighted by Gasteiger charge is -2.30. The molecule has 1 fully saturated rings. The number of aliphatic hydroxyl groups is 1. The van der Waals surface area contributed by atoms with Crippen LogP contribution in [0.2, 0.25) is 0 Å². The summed E-state index contributed by atoms with van der Waals surface area (Å²) in [7, 11) is 0. The zero-order valence-corrected chi connectivity index (χ0v) is 8.69. The summed E-state index contributed by atoms with van der Waals surface area (Å²) in [4.78, 5) is 0. The van der Waals surface area contributed by atoms with Crippen LogP contribution in [-0.4, -0.2) is 31.0 Å². The van der Waals surface area contributed by atoms with Crippen LogP contribution in [0.25, 0.3) is 0 Å². The summed E-state index contributed by atoms with van der Waals surface area (Å²) in [6, 6.07) is 0. The molecular weight excluding hydrogens is 207 g/mol. The highest BCUT2D eigenvalue weighted by Gasteiger charge is 2.29. The maximum Gasteiger partial charge on any atom is 0.401 e. The van der Waals surface area contributed by atoms with Crippen molar-refractivity contribution >= 4 is 0 Å². The monoisotopic (exact) mass is 225 g/mol. The zero-order valence-electron chi connectivity index (χ0n) is 8.69. The smallest absolute Gasteiger partial charge is 0.396 e. The van der Waals surface area contributed by atoms with Gasteiger partial charge in [0.25, 0.3) is 0 Å². The molecule has 0 aliphatic heterocycles. The van der Waals surface area contributed by atoms with Gasteiger partial charge in [0.1, 0.15) is 0 Å². The minimum Gasteiger partial charge on any atom is -0.396 e. The summed E-state index contributed by atoms with van der Waals surface area (Å²) in [5.41, 5.74) is 0. The maximum absolute atomic E-state index is 11.9. The van der Waals surface area contributed by atoms with Gasteiger partial charge in [0.15, 0.2) is 0 Å². The van der Waals surface area contributed by atoms with Crippen LogP contribution < -0.4 is 5.32 Å². The fourth-order valence-corrected chi connectivity index (χ4v) is 2.19. The molecule has 1 aliphatic carbocycles. The van der Waals surface area contributed by atoms with Crippen molar-refractivity contribution in [1.82, 2.24) is 5.32 Å². The molecular formula is C10H18F3NO. The van der Waals surface area contributed by atoms with E-state index >= 15 is 0 Å². The molecule has 0 saturated heterocycles. The van der Waals surface area contributed by atoms with E-state index < -0.39 is 12.7 Å². The summed E-state index contributed by atoms with van der Waals surface area (Å²) in [5.74, 6) is 0.380. The fourth-order valence-electron chi connectivity index (χ4n) is 2.19. The molecule has 15 heavy (non-hydrogen) atoms. The van der Waals surface area contributed by atoms with Crippen molar-refractivity contribution in [2.75, 3.05) is 19.7 Å². The molecule has 0 spiro atoms. The molecule has 0 bridgehead atoms. The Morgan fingerprint density at radius 3 is 2.27 bits per heavy atom. The standard InChI is InChI=1S/C10H18F3NO/c11-10(12,13)7-14-5-8-3-1-2-4-9(8)6-15/h8-9,14-15H,1-7H2. The second-order valence-electron chi connectivity index (χ2n) is 4.23. The number of hydrogen-bond acceptors (Lipinski definition) is 2. The largest absolute Gasteiger partial charge is 0.401 e. The molecule has 2 nitrogen and oxygen atoms in total. The van der Waals surface area contributed by atoms with Gasteiger partial charge in [-0.05, 0) is 31.2 Å². The molecule has 0 amide bonds. The van der Waals surface area contributed by atoms with Crippen molar-refractivity contribution in [3.8, 4) is 0 Å². The SMILES string of the molecule is OCC1CCCCC1CNCC(F)(F)F. The molecule has 0 aromatic rings. The second-order valence-corrected chi connectivity index (χ2v) is 4.23. The second kappa shape index (κ2) is 5.70. The molecule has 2 unspecified atom stereocenters. The molecule has 2 N–H and O–H groups in total. The Bertz CT molecular complexity index is 184. The van der Waals surface area contributed by atoms with Gasteiger partial charge < -0.3 is 10.4 Å². The van der Waals surface area contributed by atoms with Crippen molar-refractivity contribution in [2.45, 2.75) is 31.9 Å². The first-order chi connectivity index (χ1) is 7.03. The Kier molecular flexibility index (Phi) is 4.86. The van der Waals surface area contributed by atoms with Crippen molar-refractivity contribution in [3.63, 3.8) is 0 Å². The molecule has 0 aromatic carbocycles. The maximum atomic E-state index is 11.9. The van der Waals surface area contributed by atoms with E-state index in [2.05, 4.69) is 5.32 Å². The molecule has 0 aromatic heterocycles. The van der Waals surface area contributed by atoms with Gasteiger partial charge in [-0.3, -0.25) is 0 Å². The Morgan fingerprint density at radius 2 is 1.73 bits per heavy atom. The number of aliphatic hydroxyl groups excluding tert-OH is 1. The quantitative estimate of drug-likeness (QED) is 0.766. The minimum absolute atomic E-state index is 0.0956. The molecule has 1 aliphatic rings. The molecule has 2 atom stereocenters. The number of nitrogens with one attached hydrogen (secondary N) is 1. The molecule has 0 radical (unpaired) electrons. The Balaban J connectivity index is 2.23. The highest BCUT2D eigenvalue weighted by molar-refractivity contribution is 4.76. The highest BCUT2D eigenvalue weighted by atomic mass is 19.4. The summed E-state index contributed by atoms with van der Waals surface area (Å²) in [5, 5.41) is 11.5. The topological polar surface area (TPSA) is 32.3 Å². The third kappa shape index (κ3) is 4.84. The van der Waals surface area contributed by atoms with Crippen molar-refractivity contribution in [2.24, 2.45) is 11.8 Å². The molecule has 1 saturated carbocycles. The van der Waals surface area contributed by atoms with Gasteiger partial charge in [0.2, 0.25) is 0 Å². The molecule has 5 heteroatoms. The first-order valence-electron chi connectivity index (χ1n) is 5.41. The Hall–Kier alpha value is -0.290. The van der Waals surface area contributed by atoms with E-state index in [4.69, 9.17) is 5.11 Å². The lowest BCUT2D eigenvalue weighted by atomic mass is 9.79. The summed E-state index contributed by atoms with van der Waals surface area (Å²) in [6.07, 6.45) is -0.121. The van der Waals surface area contributed by atoms with E-state index in [1.807, 2.05) is 0 Å². The van der Waals surface area contributed by atoms with Gasteiger partial charge in [0.05, 0.1) is 6.54 Å². The summed E-state index contributed by atoms with van der Waals surface area (Å²) < 4.78 is 35.6. The summed E-state index contributed by atoms with van der Waals surface area (Å²) >= 11 is 0. The predicted octanol–water partition coefficient (Wildman–Crippen LogP) is 1.94. The van der Waals surface area contributed by atoms with E-state index in [-0.39, 0.29) is 18.4 Å². The average molecular weight is 225 g/mol. The lowest BCUT2D eigenvalue weighted by Crippen LogP contribution is -2.36. The van der Waals surface area contributed by atoms with Crippen LogP contribution in [0.1, 0.15) is 25.7 Å². The zero-order chi connectivity index (χ0) is 11.3. The van der Waals surface area contributed by atoms with Crippen LogP contribution in [-0.2, 0) is 0 Å². The van der Waals surface area contributed by atoms with E-state index in [1.165, 1.54) is 0 Å². The van der Waals surface area contributed by atoms with Crippen LogP contribution in [0.15, 0.2) is 0 Å². The van der Waals surface area contributed by atoms with E-state index in [0.717, 1.165) is 25.7 Å². The van der Waals surface area contributed by atoms with Crippen LogP contribution in [0, 0.1) is 11.8 Å². The number of alkyl halides is 3. The van der Waals surface area contributed by atoms with Crippen LogP contribution >= 0.6 is 0 Å². The summed E-state index contributed by atoms with van der Waals surface area (Å²) in [6.45, 7) is -0.468. The van der Waals surface area contributed by atoms with Crippen LogP contribution in [0.3, 0.4) is 0 Å². The van der Waals surface area contributed by atoms with E-state index in [0.29, 0.717) is 6.54 Å². The van der Waals surface area contributed by atoms with Gasteiger partial charge in [-0.1, -0.05) is 12.8 Å². The minimum atomic E-state index is -4.14. The van der Waals surface area contributed by atoms with Gasteiger partial charge in [0, 0.05) is 6.61 Å². The number of hydrogen-bond donors (Lipinski definition) is 2. The van der Waals surface area contributed by atoms with Crippen LogP contribution in [0.4, 0.5) is 13.2 Å². The first-order valence-corrected chi connectivity index (χ1v) is 5.41. The van der Waals surface area contributed by atoms with Crippen molar-refractivity contribution in [1.29, 1.82) is 0 Å². The Labute approximate surface area is 87.9 Å². The van der Waals surface area contributed by atoms with Crippen molar-refractivity contribution in [3.05, 3.63) is 0 Å². The normalized spacial score (nSPS) is 28.0. The third-order valence-corrected chi connectivity index (χ3v) is 3.03. The number of halogens is 3. The highest BCUT2D eigenvalue weighted by Crippen LogP contribution is 2.29. The molecule has 1 rings (SSSR count). The predicted molar refractivity (Wildman–Crippen MR) is 51.5 cm³/mol. The molecule has 90 valence electrons. The van der Waals surface area contributed by atoms with Crippen molar-refractivity contribution < 1.29 is 18.3 Å². The van der Waals surface area contributed by atoms with Gasteiger partial charge >= 0.3 is 6.18 Å². The van der Waals surface area contributed by atoms with Gasteiger partial charge in [-0.25, -0.2) is 0 Å². The third-order valence-electron chi connectivity index (χ3n) is 3.03. The van der Waals surface area contributed by atoms with E-state index in [9.17, 15) is 13.2 Å². The average Bonchev–Trinajstić information content (AvgIpc) is 2.16.